The number of allylic oxidation sites excluding steroid dienone is 1. The summed E-state index contributed by atoms with van der Waals surface area (Å²) in [7, 11) is 0. The third kappa shape index (κ3) is 5.36. The zero-order valence-corrected chi connectivity index (χ0v) is 18.7. The summed E-state index contributed by atoms with van der Waals surface area (Å²) in [6.45, 7) is 6.04. The summed E-state index contributed by atoms with van der Waals surface area (Å²) in [4.78, 5) is 20.0. The minimum Gasteiger partial charge on any atom is -0.507 e. The highest BCUT2D eigenvalue weighted by molar-refractivity contribution is 5.91. The molecule has 172 valence electrons. The molecule has 0 unspecified atom stereocenters. The molecule has 3 rings (SSSR count). The van der Waals surface area contributed by atoms with E-state index >= 15 is 0 Å². The van der Waals surface area contributed by atoms with Crippen LogP contribution in [0.2, 0.25) is 0 Å². The topological polar surface area (TPSA) is 127 Å². The Bertz CT molecular complexity index is 1150. The monoisotopic (exact) mass is 451 g/mol. The van der Waals surface area contributed by atoms with Crippen LogP contribution in [0.5, 0.6) is 17.2 Å². The third-order valence-electron chi connectivity index (χ3n) is 4.51. The van der Waals surface area contributed by atoms with E-state index in [0.717, 1.165) is 0 Å². The fourth-order valence-corrected chi connectivity index (χ4v) is 3.12. The van der Waals surface area contributed by atoms with Crippen molar-refractivity contribution >= 4 is 22.6 Å². The molecule has 0 bridgehead atoms. The van der Waals surface area contributed by atoms with Gasteiger partial charge in [0.25, 0.3) is 0 Å². The van der Waals surface area contributed by atoms with Crippen LogP contribution in [0, 0.1) is 11.3 Å². The predicted octanol–water partition coefficient (Wildman–Crippen LogP) is 4.41. The van der Waals surface area contributed by atoms with Crippen LogP contribution in [0.3, 0.4) is 0 Å². The number of aromatic amines is 1. The highest BCUT2D eigenvalue weighted by Crippen LogP contribution is 2.39. The first kappa shape index (κ1) is 23.5. The minimum absolute atomic E-state index is 0.115. The Balaban J connectivity index is 1.84. The number of fused-ring (bicyclic) bond motifs is 1. The van der Waals surface area contributed by atoms with E-state index in [-0.39, 0.29) is 17.0 Å². The Kier molecular flexibility index (Phi) is 7.76. The maximum absolute atomic E-state index is 12.7. The molecule has 0 spiro atoms. The van der Waals surface area contributed by atoms with Gasteiger partial charge in [0.2, 0.25) is 5.75 Å². The largest absolute Gasteiger partial charge is 0.507 e. The van der Waals surface area contributed by atoms with E-state index < -0.39 is 18.3 Å². The summed E-state index contributed by atoms with van der Waals surface area (Å²) in [6.07, 6.45) is 0. The Hall–Kier alpha value is -4.19. The van der Waals surface area contributed by atoms with Crippen molar-refractivity contribution in [2.75, 3.05) is 26.4 Å². The molecule has 0 amide bonds. The summed E-state index contributed by atoms with van der Waals surface area (Å²) < 4.78 is 22.1. The number of imidazole rings is 1. The van der Waals surface area contributed by atoms with Crippen molar-refractivity contribution in [2.24, 2.45) is 0 Å². The zero-order valence-electron chi connectivity index (χ0n) is 18.7. The second kappa shape index (κ2) is 10.9. The second-order valence-electron chi connectivity index (χ2n) is 6.71. The molecule has 0 saturated heterocycles. The van der Waals surface area contributed by atoms with Gasteiger partial charge in [-0.1, -0.05) is 12.1 Å². The number of aliphatic hydroxyl groups excluding tert-OH is 1. The van der Waals surface area contributed by atoms with Crippen LogP contribution >= 0.6 is 0 Å². The van der Waals surface area contributed by atoms with Crippen molar-refractivity contribution in [1.82, 2.24) is 9.97 Å². The van der Waals surface area contributed by atoms with Crippen LogP contribution in [0.4, 0.5) is 0 Å². The minimum atomic E-state index is -0.728. The molecular weight excluding hydrogens is 426 g/mol. The number of nitrogens with one attached hydrogen (secondary N) is 1. The fraction of sp³-hybridized carbons (Fsp3) is 0.292. The van der Waals surface area contributed by atoms with E-state index in [1.807, 2.05) is 39.0 Å². The number of para-hydroxylation sites is 2. The normalized spacial score (nSPS) is 11.5. The number of hydrogen-bond donors (Lipinski definition) is 2. The average Bonchev–Trinajstić information content (AvgIpc) is 3.24. The quantitative estimate of drug-likeness (QED) is 0.264. The lowest BCUT2D eigenvalue weighted by atomic mass is 10.1. The summed E-state index contributed by atoms with van der Waals surface area (Å²) in [6, 6.07) is 12.1. The maximum atomic E-state index is 12.7. The number of ether oxygens (including phenoxy) is 4. The van der Waals surface area contributed by atoms with Gasteiger partial charge in [-0.15, -0.1) is 0 Å². The Morgan fingerprint density at radius 2 is 1.70 bits per heavy atom. The Morgan fingerprint density at radius 3 is 2.27 bits per heavy atom. The lowest BCUT2D eigenvalue weighted by molar-refractivity contribution is 0.0501. The summed E-state index contributed by atoms with van der Waals surface area (Å²) in [5, 5.41) is 19.9. The smallest absolute Gasteiger partial charge is 0.338 e. The van der Waals surface area contributed by atoms with E-state index in [2.05, 4.69) is 9.97 Å². The van der Waals surface area contributed by atoms with Gasteiger partial charge in [0.05, 0.1) is 36.4 Å². The number of H-pyrrole nitrogens is 1. The second-order valence-corrected chi connectivity index (χ2v) is 6.71. The van der Waals surface area contributed by atoms with E-state index in [9.17, 15) is 15.2 Å². The summed E-state index contributed by atoms with van der Waals surface area (Å²) >= 11 is 0. The number of hydrogen-bond acceptors (Lipinski definition) is 8. The lowest BCUT2D eigenvalue weighted by Gasteiger charge is -2.16. The number of esters is 1. The molecule has 0 aliphatic carbocycles. The molecule has 2 aromatic carbocycles. The Morgan fingerprint density at radius 1 is 1.06 bits per heavy atom. The number of aliphatic hydroxyl groups is 1. The number of carbonyl (C=O) groups excluding carboxylic acids is 1. The van der Waals surface area contributed by atoms with Crippen molar-refractivity contribution in [3.8, 4) is 23.3 Å². The molecule has 0 fully saturated rings. The van der Waals surface area contributed by atoms with Gasteiger partial charge < -0.3 is 29.0 Å². The molecule has 9 heteroatoms. The van der Waals surface area contributed by atoms with E-state index in [0.29, 0.717) is 48.1 Å². The van der Waals surface area contributed by atoms with Crippen molar-refractivity contribution in [2.45, 2.75) is 20.8 Å². The zero-order chi connectivity index (χ0) is 23.8. The molecule has 1 aromatic heterocycles. The standard InChI is InChI=1S/C24H25N3O6/c1-4-30-20-11-15(12-21(31-5-2)22(20)32-6-3)24(29)33-14-19(28)16(13-25)23-26-17-9-7-8-10-18(17)27-23/h7-12,28H,4-6,14H2,1-3H3,(H,26,27)/b19-16-. The van der Waals surface area contributed by atoms with Gasteiger partial charge in [-0.05, 0) is 45.0 Å². The first-order valence-corrected chi connectivity index (χ1v) is 10.5. The van der Waals surface area contributed by atoms with Crippen LogP contribution in [0.25, 0.3) is 16.6 Å². The SMILES string of the molecule is CCOc1cc(C(=O)OC/C(O)=C(\C#N)c2nc3ccccc3[nH]2)cc(OCC)c1OCC. The molecule has 0 saturated carbocycles. The predicted molar refractivity (Wildman–Crippen MR) is 121 cm³/mol. The first-order chi connectivity index (χ1) is 16.0. The van der Waals surface area contributed by atoms with Gasteiger partial charge in [-0.3, -0.25) is 0 Å². The number of rotatable bonds is 10. The highest BCUT2D eigenvalue weighted by Gasteiger charge is 2.20. The fourth-order valence-electron chi connectivity index (χ4n) is 3.12. The van der Waals surface area contributed by atoms with Gasteiger partial charge in [0, 0.05) is 0 Å². The highest BCUT2D eigenvalue weighted by atomic mass is 16.5. The molecular formula is C24H25N3O6. The molecule has 33 heavy (non-hydrogen) atoms. The molecule has 0 atom stereocenters. The van der Waals surface area contributed by atoms with Gasteiger partial charge in [0.15, 0.2) is 23.1 Å². The number of benzene rings is 2. The van der Waals surface area contributed by atoms with Crippen molar-refractivity contribution in [3.63, 3.8) is 0 Å². The number of nitriles is 1. The Labute approximate surface area is 191 Å². The van der Waals surface area contributed by atoms with Gasteiger partial charge >= 0.3 is 5.97 Å². The van der Waals surface area contributed by atoms with Crippen molar-refractivity contribution in [3.05, 3.63) is 53.5 Å². The maximum Gasteiger partial charge on any atom is 0.338 e. The molecule has 0 aliphatic heterocycles. The van der Waals surface area contributed by atoms with Crippen molar-refractivity contribution in [1.29, 1.82) is 5.26 Å². The number of nitrogens with zero attached hydrogens (tertiary/aromatic N) is 2. The number of carbonyl (C=O) groups is 1. The van der Waals surface area contributed by atoms with E-state index in [1.165, 1.54) is 12.1 Å². The van der Waals surface area contributed by atoms with Crippen LogP contribution in [0.1, 0.15) is 37.0 Å². The van der Waals surface area contributed by atoms with Gasteiger partial charge in [-0.25, -0.2) is 9.78 Å². The molecule has 0 radical (unpaired) electrons. The summed E-state index contributed by atoms with van der Waals surface area (Å²) in [5.41, 5.74) is 1.40. The summed E-state index contributed by atoms with van der Waals surface area (Å²) in [5.74, 6) is 0.121. The third-order valence-corrected chi connectivity index (χ3v) is 4.51. The van der Waals surface area contributed by atoms with E-state index in [1.54, 1.807) is 12.1 Å². The van der Waals surface area contributed by atoms with E-state index in [4.69, 9.17) is 18.9 Å². The van der Waals surface area contributed by atoms with Crippen LogP contribution in [0.15, 0.2) is 42.2 Å². The van der Waals surface area contributed by atoms with Gasteiger partial charge in [0.1, 0.15) is 18.2 Å². The lowest BCUT2D eigenvalue weighted by Crippen LogP contribution is -2.11. The van der Waals surface area contributed by atoms with Crippen LogP contribution in [-0.4, -0.2) is 47.5 Å². The van der Waals surface area contributed by atoms with Crippen LogP contribution < -0.4 is 14.2 Å². The molecule has 3 aromatic rings. The van der Waals surface area contributed by atoms with Crippen molar-refractivity contribution < 1.29 is 28.8 Å². The number of aromatic nitrogens is 2. The molecule has 2 N–H and O–H groups in total. The average molecular weight is 451 g/mol. The first-order valence-electron chi connectivity index (χ1n) is 10.5. The molecule has 0 aliphatic rings. The molecule has 9 nitrogen and oxygen atoms in total. The molecule has 1 heterocycles. The van der Waals surface area contributed by atoms with Gasteiger partial charge in [-0.2, -0.15) is 5.26 Å². The van der Waals surface area contributed by atoms with Crippen LogP contribution in [-0.2, 0) is 4.74 Å².